The van der Waals surface area contributed by atoms with E-state index in [1.807, 2.05) is 38.1 Å². The highest BCUT2D eigenvalue weighted by Gasteiger charge is 2.15. The van der Waals surface area contributed by atoms with Crippen molar-refractivity contribution in [3.05, 3.63) is 89.5 Å². The standard InChI is InChI=1S/C24H25N3O5S/c1-3-32-21-12-14-22(15-13-21)33(30,31)27-20-10-8-18(9-11-20)24(29)26-25-23(28)16-19-7-5-4-6-17(19)2/h4-15,27H,3,16H2,1-2H3,(H,25,28)(H,26,29). The molecule has 2 amide bonds. The van der Waals surface area contributed by atoms with E-state index in [4.69, 9.17) is 4.74 Å². The minimum absolute atomic E-state index is 0.0872. The zero-order valence-electron chi connectivity index (χ0n) is 18.3. The molecule has 9 heteroatoms. The van der Waals surface area contributed by atoms with Crippen LogP contribution in [0.25, 0.3) is 0 Å². The number of benzene rings is 3. The normalized spacial score (nSPS) is 10.8. The smallest absolute Gasteiger partial charge is 0.269 e. The van der Waals surface area contributed by atoms with Gasteiger partial charge in [0, 0.05) is 11.3 Å². The zero-order valence-corrected chi connectivity index (χ0v) is 19.1. The lowest BCUT2D eigenvalue weighted by Gasteiger charge is -2.11. The molecule has 0 radical (unpaired) electrons. The van der Waals surface area contributed by atoms with Crippen LogP contribution in [0.15, 0.2) is 77.7 Å². The van der Waals surface area contributed by atoms with Gasteiger partial charge in [-0.2, -0.15) is 0 Å². The molecule has 0 spiro atoms. The van der Waals surface area contributed by atoms with Crippen LogP contribution >= 0.6 is 0 Å². The molecule has 0 saturated heterocycles. The summed E-state index contributed by atoms with van der Waals surface area (Å²) in [5, 5.41) is 0. The van der Waals surface area contributed by atoms with Crippen LogP contribution in [0.3, 0.4) is 0 Å². The summed E-state index contributed by atoms with van der Waals surface area (Å²) >= 11 is 0. The number of sulfonamides is 1. The highest BCUT2D eigenvalue weighted by molar-refractivity contribution is 7.92. The fourth-order valence-electron chi connectivity index (χ4n) is 3.01. The lowest BCUT2D eigenvalue weighted by Crippen LogP contribution is -2.42. The third kappa shape index (κ3) is 6.56. The van der Waals surface area contributed by atoms with Crippen LogP contribution in [0.4, 0.5) is 5.69 Å². The molecule has 3 aromatic carbocycles. The van der Waals surface area contributed by atoms with Crippen molar-refractivity contribution in [1.82, 2.24) is 10.9 Å². The molecule has 33 heavy (non-hydrogen) atoms. The van der Waals surface area contributed by atoms with E-state index in [0.717, 1.165) is 11.1 Å². The number of ether oxygens (including phenoxy) is 1. The van der Waals surface area contributed by atoms with Crippen molar-refractivity contribution in [3.8, 4) is 5.75 Å². The van der Waals surface area contributed by atoms with Crippen molar-refractivity contribution in [2.75, 3.05) is 11.3 Å². The van der Waals surface area contributed by atoms with E-state index >= 15 is 0 Å². The van der Waals surface area contributed by atoms with Crippen LogP contribution in [0.2, 0.25) is 0 Å². The van der Waals surface area contributed by atoms with Crippen LogP contribution < -0.4 is 20.3 Å². The van der Waals surface area contributed by atoms with E-state index in [-0.39, 0.29) is 22.8 Å². The molecule has 8 nitrogen and oxygen atoms in total. The van der Waals surface area contributed by atoms with Crippen molar-refractivity contribution in [2.24, 2.45) is 0 Å². The zero-order chi connectivity index (χ0) is 23.8. The first-order chi connectivity index (χ1) is 15.8. The van der Waals surface area contributed by atoms with Crippen molar-refractivity contribution >= 4 is 27.5 Å². The van der Waals surface area contributed by atoms with Gasteiger partial charge in [0.15, 0.2) is 0 Å². The van der Waals surface area contributed by atoms with Gasteiger partial charge < -0.3 is 4.74 Å². The fourth-order valence-corrected chi connectivity index (χ4v) is 4.07. The molecule has 0 heterocycles. The Morgan fingerprint density at radius 1 is 0.879 bits per heavy atom. The number of amides is 2. The van der Waals surface area contributed by atoms with Gasteiger partial charge in [-0.25, -0.2) is 8.42 Å². The Hall–Kier alpha value is -3.85. The molecule has 0 aliphatic rings. The predicted octanol–water partition coefficient (Wildman–Crippen LogP) is 3.20. The van der Waals surface area contributed by atoms with Gasteiger partial charge >= 0.3 is 0 Å². The maximum Gasteiger partial charge on any atom is 0.269 e. The summed E-state index contributed by atoms with van der Waals surface area (Å²) in [6.45, 7) is 4.24. The summed E-state index contributed by atoms with van der Waals surface area (Å²) in [7, 11) is -3.80. The number of carbonyl (C=O) groups is 2. The van der Waals surface area contributed by atoms with Crippen LogP contribution in [-0.2, 0) is 21.2 Å². The molecule has 0 saturated carbocycles. The van der Waals surface area contributed by atoms with Crippen molar-refractivity contribution in [2.45, 2.75) is 25.2 Å². The first-order valence-corrected chi connectivity index (χ1v) is 11.8. The van der Waals surface area contributed by atoms with Gasteiger partial charge in [-0.1, -0.05) is 24.3 Å². The van der Waals surface area contributed by atoms with E-state index < -0.39 is 15.9 Å². The number of hydrogen-bond acceptors (Lipinski definition) is 5. The molecular weight excluding hydrogens is 442 g/mol. The number of carbonyl (C=O) groups excluding carboxylic acids is 2. The number of anilines is 1. The van der Waals surface area contributed by atoms with E-state index in [1.165, 1.54) is 36.4 Å². The lowest BCUT2D eigenvalue weighted by atomic mass is 10.1. The Morgan fingerprint density at radius 3 is 2.18 bits per heavy atom. The van der Waals surface area contributed by atoms with Gasteiger partial charge in [-0.05, 0) is 73.5 Å². The molecule has 3 rings (SSSR count). The maximum atomic E-state index is 12.6. The van der Waals surface area contributed by atoms with E-state index in [2.05, 4.69) is 15.6 Å². The van der Waals surface area contributed by atoms with Crippen molar-refractivity contribution < 1.29 is 22.7 Å². The number of hydrazine groups is 1. The number of aryl methyl sites for hydroxylation is 1. The van der Waals surface area contributed by atoms with Gasteiger partial charge in [0.05, 0.1) is 17.9 Å². The van der Waals surface area contributed by atoms with Crippen LogP contribution in [-0.4, -0.2) is 26.8 Å². The first-order valence-electron chi connectivity index (χ1n) is 10.3. The lowest BCUT2D eigenvalue weighted by molar-refractivity contribution is -0.121. The minimum Gasteiger partial charge on any atom is -0.494 e. The third-order valence-electron chi connectivity index (χ3n) is 4.77. The van der Waals surface area contributed by atoms with Crippen LogP contribution in [0, 0.1) is 6.92 Å². The Kier molecular flexibility index (Phi) is 7.68. The molecule has 0 aliphatic heterocycles. The topological polar surface area (TPSA) is 114 Å². The van der Waals surface area contributed by atoms with Crippen molar-refractivity contribution in [3.63, 3.8) is 0 Å². The van der Waals surface area contributed by atoms with Crippen LogP contribution in [0.5, 0.6) is 5.75 Å². The van der Waals surface area contributed by atoms with Gasteiger partial charge in [-0.15, -0.1) is 0 Å². The maximum absolute atomic E-state index is 12.6. The number of hydrogen-bond donors (Lipinski definition) is 3. The predicted molar refractivity (Wildman–Crippen MR) is 125 cm³/mol. The summed E-state index contributed by atoms with van der Waals surface area (Å²) in [6.07, 6.45) is 0.138. The Balaban J connectivity index is 1.56. The molecule has 0 atom stereocenters. The number of nitrogens with one attached hydrogen (secondary N) is 3. The molecule has 0 aromatic heterocycles. The molecule has 0 aliphatic carbocycles. The Morgan fingerprint density at radius 2 is 1.55 bits per heavy atom. The Labute approximate surface area is 193 Å². The summed E-state index contributed by atoms with van der Waals surface area (Å²) < 4.78 is 32.9. The van der Waals surface area contributed by atoms with Gasteiger partial charge in [0.2, 0.25) is 5.91 Å². The molecule has 0 unspecified atom stereocenters. The SMILES string of the molecule is CCOc1ccc(S(=O)(=O)Nc2ccc(C(=O)NNC(=O)Cc3ccccc3C)cc2)cc1. The van der Waals surface area contributed by atoms with E-state index in [0.29, 0.717) is 18.0 Å². The summed E-state index contributed by atoms with van der Waals surface area (Å²) in [6, 6.07) is 19.4. The van der Waals surface area contributed by atoms with E-state index in [1.54, 1.807) is 12.1 Å². The van der Waals surface area contributed by atoms with Gasteiger partial charge in [-0.3, -0.25) is 25.2 Å². The monoisotopic (exact) mass is 467 g/mol. The van der Waals surface area contributed by atoms with Crippen LogP contribution in [0.1, 0.15) is 28.4 Å². The average Bonchev–Trinajstić information content (AvgIpc) is 2.80. The molecule has 3 N–H and O–H groups in total. The quantitative estimate of drug-likeness (QED) is 0.440. The summed E-state index contributed by atoms with van der Waals surface area (Å²) in [5.41, 5.74) is 7.15. The minimum atomic E-state index is -3.80. The molecule has 172 valence electrons. The third-order valence-corrected chi connectivity index (χ3v) is 6.17. The summed E-state index contributed by atoms with van der Waals surface area (Å²) in [5.74, 6) is -0.288. The Bertz CT molecular complexity index is 1220. The largest absolute Gasteiger partial charge is 0.494 e. The molecule has 0 fully saturated rings. The van der Waals surface area contributed by atoms with Gasteiger partial charge in [0.1, 0.15) is 5.75 Å². The molecular formula is C24H25N3O5S. The van der Waals surface area contributed by atoms with E-state index in [9.17, 15) is 18.0 Å². The highest BCUT2D eigenvalue weighted by Crippen LogP contribution is 2.19. The fraction of sp³-hybridized carbons (Fsp3) is 0.167. The summed E-state index contributed by atoms with van der Waals surface area (Å²) in [4.78, 5) is 24.5. The molecule has 3 aromatic rings. The van der Waals surface area contributed by atoms with Gasteiger partial charge in [0.25, 0.3) is 15.9 Å². The van der Waals surface area contributed by atoms with Crippen molar-refractivity contribution in [1.29, 1.82) is 0 Å². The highest BCUT2D eigenvalue weighted by atomic mass is 32.2. The second-order valence-electron chi connectivity index (χ2n) is 7.19. The average molecular weight is 468 g/mol. The number of rotatable bonds is 8. The molecule has 0 bridgehead atoms. The first kappa shape index (κ1) is 23.8. The second kappa shape index (κ2) is 10.6. The second-order valence-corrected chi connectivity index (χ2v) is 8.88.